The van der Waals surface area contributed by atoms with Crippen molar-refractivity contribution in [1.82, 2.24) is 9.97 Å². The fraction of sp³-hybridized carbons (Fsp3) is 0.273. The second kappa shape index (κ2) is 10.1. The molecule has 2 aromatic carbocycles. The van der Waals surface area contributed by atoms with Crippen LogP contribution in [0, 0.1) is 0 Å². The van der Waals surface area contributed by atoms with E-state index >= 15 is 0 Å². The maximum atomic E-state index is 12.7. The summed E-state index contributed by atoms with van der Waals surface area (Å²) in [7, 11) is -1.84. The van der Waals surface area contributed by atoms with E-state index < -0.39 is 10.0 Å². The average Bonchev–Trinajstić information content (AvgIpc) is 2.76. The molecule has 0 aliphatic carbocycles. The minimum atomic E-state index is -3.79. The third kappa shape index (κ3) is 5.70. The van der Waals surface area contributed by atoms with Gasteiger partial charge in [0.25, 0.3) is 15.9 Å². The predicted octanol–water partition coefficient (Wildman–Crippen LogP) is 3.75. The smallest absolute Gasteiger partial charge is 0.263 e. The minimum absolute atomic E-state index is 0.0671. The molecule has 0 fully saturated rings. The quantitative estimate of drug-likeness (QED) is 0.532. The van der Waals surface area contributed by atoms with Crippen LogP contribution in [0.1, 0.15) is 18.9 Å². The summed E-state index contributed by atoms with van der Waals surface area (Å²) in [6.07, 6.45) is 4.80. The number of aromatic nitrogens is 2. The van der Waals surface area contributed by atoms with Crippen LogP contribution in [0.2, 0.25) is 0 Å². The van der Waals surface area contributed by atoms with Gasteiger partial charge < -0.3 is 9.64 Å². The number of anilines is 2. The van der Waals surface area contributed by atoms with E-state index in [9.17, 15) is 8.42 Å². The van der Waals surface area contributed by atoms with Gasteiger partial charge in [-0.15, -0.1) is 0 Å². The van der Waals surface area contributed by atoms with Gasteiger partial charge in [0, 0.05) is 25.1 Å². The molecule has 0 spiro atoms. The zero-order chi connectivity index (χ0) is 21.4. The summed E-state index contributed by atoms with van der Waals surface area (Å²) in [6.45, 7) is 3.01. The minimum Gasteiger partial charge on any atom is -0.473 e. The van der Waals surface area contributed by atoms with Crippen molar-refractivity contribution in [2.75, 3.05) is 29.8 Å². The van der Waals surface area contributed by atoms with Crippen LogP contribution in [0.3, 0.4) is 0 Å². The lowest BCUT2D eigenvalue weighted by atomic mass is 10.1. The van der Waals surface area contributed by atoms with Crippen molar-refractivity contribution < 1.29 is 13.2 Å². The Balaban J connectivity index is 1.65. The summed E-state index contributed by atoms with van der Waals surface area (Å²) in [5, 5.41) is 0. The predicted molar refractivity (Wildman–Crippen MR) is 118 cm³/mol. The summed E-state index contributed by atoms with van der Waals surface area (Å²) >= 11 is 0. The molecule has 0 bridgehead atoms. The van der Waals surface area contributed by atoms with E-state index in [0.717, 1.165) is 24.1 Å². The number of ether oxygens (including phenoxy) is 1. The molecule has 0 amide bonds. The van der Waals surface area contributed by atoms with E-state index in [1.807, 2.05) is 54.4 Å². The Hall–Kier alpha value is -3.13. The first-order chi connectivity index (χ1) is 14.5. The van der Waals surface area contributed by atoms with Gasteiger partial charge in [-0.1, -0.05) is 43.7 Å². The van der Waals surface area contributed by atoms with Crippen LogP contribution in [0.25, 0.3) is 0 Å². The van der Waals surface area contributed by atoms with E-state index in [1.165, 1.54) is 12.4 Å². The second-order valence-corrected chi connectivity index (χ2v) is 8.50. The molecule has 1 aromatic heterocycles. The number of rotatable bonds is 10. The normalized spacial score (nSPS) is 11.1. The van der Waals surface area contributed by atoms with Gasteiger partial charge in [0.2, 0.25) is 5.82 Å². The fourth-order valence-corrected chi connectivity index (χ4v) is 3.91. The summed E-state index contributed by atoms with van der Waals surface area (Å²) in [6, 6.07) is 16.8. The van der Waals surface area contributed by atoms with Crippen molar-refractivity contribution in [3.05, 3.63) is 72.6 Å². The van der Waals surface area contributed by atoms with Crippen molar-refractivity contribution in [2.45, 2.75) is 24.7 Å². The molecule has 8 heteroatoms. The molecule has 0 aliphatic heterocycles. The van der Waals surface area contributed by atoms with Crippen LogP contribution < -0.4 is 14.4 Å². The van der Waals surface area contributed by atoms with Crippen molar-refractivity contribution in [3.63, 3.8) is 0 Å². The van der Waals surface area contributed by atoms with E-state index in [-0.39, 0.29) is 16.6 Å². The number of aryl methyl sites for hydroxylation is 1. The van der Waals surface area contributed by atoms with Gasteiger partial charge >= 0.3 is 0 Å². The van der Waals surface area contributed by atoms with Crippen LogP contribution >= 0.6 is 0 Å². The molecule has 0 radical (unpaired) electrons. The highest BCUT2D eigenvalue weighted by molar-refractivity contribution is 7.92. The van der Waals surface area contributed by atoms with Crippen LogP contribution in [0.5, 0.6) is 5.88 Å². The van der Waals surface area contributed by atoms with Gasteiger partial charge in [-0.2, -0.15) is 0 Å². The summed E-state index contributed by atoms with van der Waals surface area (Å²) in [5.41, 5.74) is 2.16. The molecule has 0 aliphatic rings. The number of sulfonamides is 1. The monoisotopic (exact) mass is 426 g/mol. The SMILES string of the molecule is CCCc1ccc(S(=O)(=O)Nc2nccnc2OCCN(C)c2ccccc2)cc1. The van der Waals surface area contributed by atoms with Gasteiger partial charge in [0.15, 0.2) is 0 Å². The Labute approximate surface area is 177 Å². The van der Waals surface area contributed by atoms with E-state index in [0.29, 0.717) is 13.2 Å². The molecule has 158 valence electrons. The number of hydrogen-bond donors (Lipinski definition) is 1. The number of benzene rings is 2. The van der Waals surface area contributed by atoms with Crippen molar-refractivity contribution in [3.8, 4) is 5.88 Å². The largest absolute Gasteiger partial charge is 0.473 e. The van der Waals surface area contributed by atoms with Crippen LogP contribution in [0.4, 0.5) is 11.5 Å². The standard InChI is InChI=1S/C22H26N4O3S/c1-3-7-18-10-12-20(13-11-18)30(27,28)25-21-22(24-15-14-23-21)29-17-16-26(2)19-8-5-4-6-9-19/h4-6,8-15H,3,7,16-17H2,1-2H3,(H,23,25). The first-order valence-electron chi connectivity index (χ1n) is 9.81. The molecule has 0 atom stereocenters. The highest BCUT2D eigenvalue weighted by atomic mass is 32.2. The molecule has 0 unspecified atom stereocenters. The molecular formula is C22H26N4O3S. The van der Waals surface area contributed by atoms with E-state index in [1.54, 1.807) is 12.1 Å². The highest BCUT2D eigenvalue weighted by Gasteiger charge is 2.18. The first-order valence-corrected chi connectivity index (χ1v) is 11.3. The number of hydrogen-bond acceptors (Lipinski definition) is 6. The van der Waals surface area contributed by atoms with Crippen LogP contribution in [-0.4, -0.2) is 38.6 Å². The van der Waals surface area contributed by atoms with E-state index in [2.05, 4.69) is 21.6 Å². The molecule has 0 saturated carbocycles. The third-order valence-corrected chi connectivity index (χ3v) is 5.89. The molecule has 3 aromatic rings. The van der Waals surface area contributed by atoms with Gasteiger partial charge in [-0.25, -0.2) is 18.4 Å². The number of para-hydroxylation sites is 1. The molecule has 1 N–H and O–H groups in total. The second-order valence-electron chi connectivity index (χ2n) is 6.82. The molecule has 7 nitrogen and oxygen atoms in total. The number of nitrogens with one attached hydrogen (secondary N) is 1. The summed E-state index contributed by atoms with van der Waals surface area (Å²) in [5.74, 6) is 0.211. The first kappa shape index (κ1) is 21.6. The third-order valence-electron chi connectivity index (χ3n) is 4.53. The Morgan fingerprint density at radius 3 is 2.40 bits per heavy atom. The molecule has 1 heterocycles. The van der Waals surface area contributed by atoms with Crippen LogP contribution in [-0.2, 0) is 16.4 Å². The molecular weight excluding hydrogens is 400 g/mol. The molecule has 0 saturated heterocycles. The zero-order valence-corrected chi connectivity index (χ0v) is 18.0. The lowest BCUT2D eigenvalue weighted by molar-refractivity contribution is 0.314. The Morgan fingerprint density at radius 2 is 1.70 bits per heavy atom. The lowest BCUT2D eigenvalue weighted by Gasteiger charge is -2.19. The van der Waals surface area contributed by atoms with Gasteiger partial charge in [0.1, 0.15) is 6.61 Å². The van der Waals surface area contributed by atoms with Gasteiger partial charge in [-0.3, -0.25) is 4.72 Å². The number of nitrogens with zero attached hydrogens (tertiary/aromatic N) is 3. The van der Waals surface area contributed by atoms with Gasteiger partial charge in [0.05, 0.1) is 11.4 Å². The average molecular weight is 427 g/mol. The van der Waals surface area contributed by atoms with Crippen molar-refractivity contribution >= 4 is 21.5 Å². The van der Waals surface area contributed by atoms with E-state index in [4.69, 9.17) is 4.74 Å². The lowest BCUT2D eigenvalue weighted by Crippen LogP contribution is -2.24. The van der Waals surface area contributed by atoms with Crippen molar-refractivity contribution in [1.29, 1.82) is 0 Å². The molecule has 3 rings (SSSR count). The van der Waals surface area contributed by atoms with Crippen molar-refractivity contribution in [2.24, 2.45) is 0 Å². The topological polar surface area (TPSA) is 84.4 Å². The summed E-state index contributed by atoms with van der Waals surface area (Å²) < 4.78 is 33.7. The Morgan fingerprint density at radius 1 is 1.00 bits per heavy atom. The number of likely N-dealkylation sites (N-methyl/N-ethyl adjacent to an activating group) is 1. The fourth-order valence-electron chi connectivity index (χ4n) is 2.90. The highest BCUT2D eigenvalue weighted by Crippen LogP contribution is 2.22. The Bertz CT molecular complexity index is 1040. The zero-order valence-electron chi connectivity index (χ0n) is 17.2. The van der Waals surface area contributed by atoms with Crippen LogP contribution in [0.15, 0.2) is 71.9 Å². The molecule has 30 heavy (non-hydrogen) atoms. The Kier molecular flexibility index (Phi) is 7.24. The van der Waals surface area contributed by atoms with Gasteiger partial charge in [-0.05, 0) is 36.2 Å². The summed E-state index contributed by atoms with van der Waals surface area (Å²) in [4.78, 5) is 10.4. The maximum absolute atomic E-state index is 12.7. The maximum Gasteiger partial charge on any atom is 0.263 e.